The Morgan fingerprint density at radius 1 is 1.31 bits per heavy atom. The molecular weight excluding hydrogens is 182 g/mol. The van der Waals surface area contributed by atoms with E-state index in [9.17, 15) is 0 Å². The van der Waals surface area contributed by atoms with Crippen molar-refractivity contribution in [2.45, 2.75) is 37.5 Å². The summed E-state index contributed by atoms with van der Waals surface area (Å²) in [7, 11) is 0. The molecule has 1 aliphatic carbocycles. The second-order valence-electron chi connectivity index (χ2n) is 4.52. The van der Waals surface area contributed by atoms with E-state index in [2.05, 4.69) is 5.32 Å². The number of rotatable bonds is 1. The zero-order valence-electron chi connectivity index (χ0n) is 7.92. The summed E-state index contributed by atoms with van der Waals surface area (Å²) in [5.74, 6) is 3.41. The first-order valence-corrected chi connectivity index (χ1v) is 6.53. The Hall–Kier alpha value is 0.270. The molecule has 0 amide bonds. The van der Waals surface area contributed by atoms with E-state index >= 15 is 0 Å². The van der Waals surface area contributed by atoms with Crippen molar-refractivity contribution in [3.8, 4) is 0 Å². The van der Waals surface area contributed by atoms with Crippen LogP contribution in [0.1, 0.15) is 25.7 Å². The number of hydrogen-bond acceptors (Lipinski definition) is 3. The Kier molecular flexibility index (Phi) is 2.07. The maximum Gasteiger partial charge on any atom is 0.129 e. The number of thioether (sulfide) groups is 1. The lowest BCUT2D eigenvalue weighted by molar-refractivity contribution is -0.0944. The first-order chi connectivity index (χ1) is 6.38. The molecule has 2 heterocycles. The molecule has 1 N–H and O–H groups in total. The fourth-order valence-corrected chi connectivity index (χ4v) is 3.72. The largest absolute Gasteiger partial charge is 0.360 e. The van der Waals surface area contributed by atoms with Crippen molar-refractivity contribution in [2.75, 3.05) is 18.1 Å². The molecule has 2 saturated heterocycles. The lowest BCUT2D eigenvalue weighted by Gasteiger charge is -2.39. The highest BCUT2D eigenvalue weighted by atomic mass is 32.2. The van der Waals surface area contributed by atoms with Gasteiger partial charge in [0.25, 0.3) is 0 Å². The minimum Gasteiger partial charge on any atom is -0.360 e. The van der Waals surface area contributed by atoms with Crippen LogP contribution in [-0.2, 0) is 4.74 Å². The van der Waals surface area contributed by atoms with Crippen LogP contribution in [0.4, 0.5) is 0 Å². The molecule has 3 rings (SSSR count). The summed E-state index contributed by atoms with van der Waals surface area (Å²) >= 11 is 2.03. The van der Waals surface area contributed by atoms with Gasteiger partial charge in [-0.2, -0.15) is 11.8 Å². The third-order valence-corrected chi connectivity index (χ3v) is 4.60. The smallest absolute Gasteiger partial charge is 0.129 e. The Labute approximate surface area is 83.8 Å². The first-order valence-electron chi connectivity index (χ1n) is 5.37. The van der Waals surface area contributed by atoms with Crippen LogP contribution in [0.5, 0.6) is 0 Å². The van der Waals surface area contributed by atoms with Gasteiger partial charge in [-0.15, -0.1) is 0 Å². The van der Waals surface area contributed by atoms with E-state index in [1.165, 1.54) is 31.4 Å². The maximum atomic E-state index is 5.90. The normalized spacial score (nSPS) is 45.7. The summed E-state index contributed by atoms with van der Waals surface area (Å²) in [6, 6.07) is 0.771. The standard InChI is InChI=1S/C10H17NOS/c1-2-8(1)9-3-5-12-10(11-9)4-6-13-7-10/h8-9,11H,1-7H2. The molecule has 0 aromatic carbocycles. The van der Waals surface area contributed by atoms with E-state index < -0.39 is 0 Å². The minimum atomic E-state index is 0.0795. The van der Waals surface area contributed by atoms with Crippen LogP contribution in [0.15, 0.2) is 0 Å². The summed E-state index contributed by atoms with van der Waals surface area (Å²) in [6.45, 7) is 0.981. The lowest BCUT2D eigenvalue weighted by Crippen LogP contribution is -2.57. The summed E-state index contributed by atoms with van der Waals surface area (Å²) in [5, 5.41) is 3.75. The van der Waals surface area contributed by atoms with E-state index in [1.54, 1.807) is 0 Å². The van der Waals surface area contributed by atoms with Crippen molar-refractivity contribution in [2.24, 2.45) is 5.92 Å². The highest BCUT2D eigenvalue weighted by molar-refractivity contribution is 7.99. The molecule has 0 radical (unpaired) electrons. The van der Waals surface area contributed by atoms with Gasteiger partial charge in [0.2, 0.25) is 0 Å². The highest BCUT2D eigenvalue weighted by Crippen LogP contribution is 2.39. The van der Waals surface area contributed by atoms with Crippen LogP contribution in [-0.4, -0.2) is 29.9 Å². The van der Waals surface area contributed by atoms with Gasteiger partial charge in [-0.05, 0) is 37.4 Å². The van der Waals surface area contributed by atoms with Crippen molar-refractivity contribution in [3.05, 3.63) is 0 Å². The van der Waals surface area contributed by atoms with Gasteiger partial charge in [-0.1, -0.05) is 0 Å². The van der Waals surface area contributed by atoms with Gasteiger partial charge in [0.1, 0.15) is 5.72 Å². The Balaban J connectivity index is 1.68. The molecule has 2 nitrogen and oxygen atoms in total. The molecule has 74 valence electrons. The van der Waals surface area contributed by atoms with E-state index in [4.69, 9.17) is 4.74 Å². The third kappa shape index (κ3) is 1.62. The quantitative estimate of drug-likeness (QED) is 0.693. The topological polar surface area (TPSA) is 21.3 Å². The van der Waals surface area contributed by atoms with Gasteiger partial charge in [0.15, 0.2) is 0 Å². The van der Waals surface area contributed by atoms with Crippen molar-refractivity contribution >= 4 is 11.8 Å². The van der Waals surface area contributed by atoms with Gasteiger partial charge in [0, 0.05) is 11.8 Å². The molecule has 3 heteroatoms. The van der Waals surface area contributed by atoms with Crippen LogP contribution in [0.3, 0.4) is 0 Å². The summed E-state index contributed by atoms with van der Waals surface area (Å²) in [4.78, 5) is 0. The van der Waals surface area contributed by atoms with Crippen LogP contribution in [0.2, 0.25) is 0 Å². The molecular formula is C10H17NOS. The molecule has 13 heavy (non-hydrogen) atoms. The molecule has 0 aromatic heterocycles. The Morgan fingerprint density at radius 3 is 2.92 bits per heavy atom. The first kappa shape index (κ1) is 8.57. The molecule has 0 aromatic rings. The average Bonchev–Trinajstić information content (AvgIpc) is 2.91. The molecule has 3 fully saturated rings. The van der Waals surface area contributed by atoms with Gasteiger partial charge in [-0.25, -0.2) is 0 Å². The van der Waals surface area contributed by atoms with Crippen molar-refractivity contribution in [1.82, 2.24) is 5.32 Å². The van der Waals surface area contributed by atoms with Crippen molar-refractivity contribution in [1.29, 1.82) is 0 Å². The molecule has 0 bridgehead atoms. The summed E-state index contributed by atoms with van der Waals surface area (Å²) in [5.41, 5.74) is 0.0795. The fourth-order valence-electron chi connectivity index (χ4n) is 2.46. The second kappa shape index (κ2) is 3.14. The second-order valence-corrected chi connectivity index (χ2v) is 5.63. The number of nitrogens with one attached hydrogen (secondary N) is 1. The predicted molar refractivity (Wildman–Crippen MR) is 54.9 cm³/mol. The number of hydrogen-bond donors (Lipinski definition) is 1. The van der Waals surface area contributed by atoms with Crippen LogP contribution in [0.25, 0.3) is 0 Å². The van der Waals surface area contributed by atoms with Crippen LogP contribution in [0, 0.1) is 5.92 Å². The van der Waals surface area contributed by atoms with E-state index in [-0.39, 0.29) is 5.72 Å². The number of ether oxygens (including phenoxy) is 1. The van der Waals surface area contributed by atoms with Gasteiger partial charge >= 0.3 is 0 Å². The molecule has 2 atom stereocenters. The third-order valence-electron chi connectivity index (χ3n) is 3.43. The molecule has 2 unspecified atom stereocenters. The summed E-state index contributed by atoms with van der Waals surface area (Å²) < 4.78 is 5.90. The molecule has 1 spiro atoms. The van der Waals surface area contributed by atoms with Crippen molar-refractivity contribution in [3.63, 3.8) is 0 Å². The van der Waals surface area contributed by atoms with Crippen molar-refractivity contribution < 1.29 is 4.74 Å². The lowest BCUT2D eigenvalue weighted by atomic mass is 10.0. The zero-order chi connectivity index (χ0) is 8.73. The Bertz CT molecular complexity index is 199. The van der Waals surface area contributed by atoms with Gasteiger partial charge in [-0.3, -0.25) is 5.32 Å². The van der Waals surface area contributed by atoms with E-state index in [0.29, 0.717) is 0 Å². The summed E-state index contributed by atoms with van der Waals surface area (Å²) in [6.07, 6.45) is 5.33. The zero-order valence-corrected chi connectivity index (χ0v) is 8.74. The molecule has 1 saturated carbocycles. The minimum absolute atomic E-state index is 0.0795. The predicted octanol–water partition coefficient (Wildman–Crippen LogP) is 1.61. The monoisotopic (exact) mass is 199 g/mol. The van der Waals surface area contributed by atoms with Gasteiger partial charge < -0.3 is 4.74 Å². The van der Waals surface area contributed by atoms with Crippen LogP contribution < -0.4 is 5.32 Å². The fraction of sp³-hybridized carbons (Fsp3) is 1.00. The highest BCUT2D eigenvalue weighted by Gasteiger charge is 2.44. The Morgan fingerprint density at radius 2 is 2.23 bits per heavy atom. The van der Waals surface area contributed by atoms with Gasteiger partial charge in [0.05, 0.1) is 6.61 Å². The average molecular weight is 199 g/mol. The maximum absolute atomic E-state index is 5.90. The van der Waals surface area contributed by atoms with E-state index in [0.717, 1.165) is 24.3 Å². The van der Waals surface area contributed by atoms with Crippen LogP contribution >= 0.6 is 11.8 Å². The molecule has 3 aliphatic rings. The molecule has 2 aliphatic heterocycles. The van der Waals surface area contributed by atoms with E-state index in [1.807, 2.05) is 11.8 Å². The SMILES string of the molecule is C1CC(C2CC2)NC2(CCSC2)O1.